The molecule has 2 aromatic carbocycles. The van der Waals surface area contributed by atoms with Crippen molar-refractivity contribution < 1.29 is 9.59 Å². The van der Waals surface area contributed by atoms with Crippen LogP contribution in [-0.2, 0) is 16.6 Å². The van der Waals surface area contributed by atoms with Gasteiger partial charge in [-0.2, -0.15) is 0 Å². The highest BCUT2D eigenvalue weighted by atomic mass is 32.1. The topological polar surface area (TPSA) is 58.2 Å². The minimum Gasteiger partial charge on any atom is -0.326 e. The molecule has 2 amide bonds. The van der Waals surface area contributed by atoms with Crippen LogP contribution in [-0.4, -0.2) is 11.8 Å². The maximum absolute atomic E-state index is 12.5. The summed E-state index contributed by atoms with van der Waals surface area (Å²) >= 11 is 1.56. The lowest BCUT2D eigenvalue weighted by Crippen LogP contribution is -2.15. The van der Waals surface area contributed by atoms with Gasteiger partial charge in [0.15, 0.2) is 0 Å². The molecule has 144 valence electrons. The molecule has 0 spiro atoms. The summed E-state index contributed by atoms with van der Waals surface area (Å²) in [6.07, 6.45) is 0.342. The minimum absolute atomic E-state index is 0.0463. The Morgan fingerprint density at radius 3 is 2.18 bits per heavy atom. The molecule has 0 aliphatic carbocycles. The maximum atomic E-state index is 12.5. The standard InChI is InChI=1S/C23H24N2O2S/c1-23(2,3)17-11-9-16(10-12-17)22(27)25-19-7-4-6-18(14-19)24-21(26)15-20-8-5-13-28-20/h4-14H,15H2,1-3H3,(H,24,26)(H,25,27). The summed E-state index contributed by atoms with van der Waals surface area (Å²) in [6, 6.07) is 18.7. The Kier molecular flexibility index (Phi) is 5.95. The third kappa shape index (κ3) is 5.30. The zero-order valence-electron chi connectivity index (χ0n) is 16.3. The Bertz CT molecular complexity index is 955. The molecule has 2 N–H and O–H groups in total. The van der Waals surface area contributed by atoms with Gasteiger partial charge in [0.05, 0.1) is 6.42 Å². The van der Waals surface area contributed by atoms with Gasteiger partial charge in [0, 0.05) is 21.8 Å². The summed E-state index contributed by atoms with van der Waals surface area (Å²) in [4.78, 5) is 25.7. The van der Waals surface area contributed by atoms with E-state index in [1.165, 1.54) is 5.56 Å². The molecule has 0 radical (unpaired) electrons. The molecule has 4 nitrogen and oxygen atoms in total. The van der Waals surface area contributed by atoms with Crippen LogP contribution in [0.15, 0.2) is 66.0 Å². The largest absolute Gasteiger partial charge is 0.326 e. The molecular weight excluding hydrogens is 368 g/mol. The summed E-state index contributed by atoms with van der Waals surface area (Å²) in [5.41, 5.74) is 3.12. The molecule has 0 bridgehead atoms. The van der Waals surface area contributed by atoms with Gasteiger partial charge in [-0.05, 0) is 52.8 Å². The van der Waals surface area contributed by atoms with Gasteiger partial charge in [0.2, 0.25) is 5.91 Å². The van der Waals surface area contributed by atoms with Gasteiger partial charge in [0.25, 0.3) is 5.91 Å². The Morgan fingerprint density at radius 1 is 0.893 bits per heavy atom. The Balaban J connectivity index is 1.63. The zero-order valence-corrected chi connectivity index (χ0v) is 17.1. The molecule has 3 rings (SSSR count). The molecule has 28 heavy (non-hydrogen) atoms. The molecule has 0 fully saturated rings. The van der Waals surface area contributed by atoms with E-state index in [0.717, 1.165) is 4.88 Å². The minimum atomic E-state index is -0.178. The van der Waals surface area contributed by atoms with Crippen LogP contribution in [0.5, 0.6) is 0 Å². The smallest absolute Gasteiger partial charge is 0.255 e. The molecule has 0 saturated carbocycles. The second kappa shape index (κ2) is 8.40. The van der Waals surface area contributed by atoms with E-state index in [4.69, 9.17) is 0 Å². The number of anilines is 2. The lowest BCUT2D eigenvalue weighted by atomic mass is 9.87. The molecule has 0 aliphatic rings. The van der Waals surface area contributed by atoms with E-state index in [9.17, 15) is 9.59 Å². The lowest BCUT2D eigenvalue weighted by Gasteiger charge is -2.19. The number of thiophene rings is 1. The fraction of sp³-hybridized carbons (Fsp3) is 0.217. The number of benzene rings is 2. The number of carbonyl (C=O) groups excluding carboxylic acids is 2. The van der Waals surface area contributed by atoms with Crippen molar-refractivity contribution in [1.82, 2.24) is 0 Å². The van der Waals surface area contributed by atoms with Crippen LogP contribution in [0.2, 0.25) is 0 Å². The first kappa shape index (κ1) is 19.8. The van der Waals surface area contributed by atoms with E-state index in [0.29, 0.717) is 23.4 Å². The van der Waals surface area contributed by atoms with Crippen LogP contribution in [0, 0.1) is 0 Å². The van der Waals surface area contributed by atoms with Crippen LogP contribution < -0.4 is 10.6 Å². The quantitative estimate of drug-likeness (QED) is 0.604. The fourth-order valence-corrected chi connectivity index (χ4v) is 3.48. The van der Waals surface area contributed by atoms with Crippen molar-refractivity contribution in [2.75, 3.05) is 10.6 Å². The molecule has 0 unspecified atom stereocenters. The number of nitrogens with one attached hydrogen (secondary N) is 2. The summed E-state index contributed by atoms with van der Waals surface area (Å²) in [6.45, 7) is 6.42. The van der Waals surface area contributed by atoms with Crippen molar-refractivity contribution in [3.8, 4) is 0 Å². The van der Waals surface area contributed by atoms with Crippen LogP contribution in [0.25, 0.3) is 0 Å². The first-order chi connectivity index (χ1) is 13.3. The predicted octanol–water partition coefficient (Wildman–Crippen LogP) is 5.48. The lowest BCUT2D eigenvalue weighted by molar-refractivity contribution is -0.115. The van der Waals surface area contributed by atoms with Gasteiger partial charge in [-0.3, -0.25) is 9.59 Å². The highest BCUT2D eigenvalue weighted by Crippen LogP contribution is 2.23. The highest BCUT2D eigenvalue weighted by molar-refractivity contribution is 7.10. The maximum Gasteiger partial charge on any atom is 0.255 e. The van der Waals surface area contributed by atoms with Gasteiger partial charge < -0.3 is 10.6 Å². The fourth-order valence-electron chi connectivity index (χ4n) is 2.78. The van der Waals surface area contributed by atoms with Crippen LogP contribution in [0.3, 0.4) is 0 Å². The second-order valence-electron chi connectivity index (χ2n) is 7.67. The molecule has 3 aromatic rings. The van der Waals surface area contributed by atoms with E-state index < -0.39 is 0 Å². The number of carbonyl (C=O) groups is 2. The predicted molar refractivity (Wildman–Crippen MR) is 116 cm³/mol. The summed E-state index contributed by atoms with van der Waals surface area (Å²) in [5, 5.41) is 7.71. The number of hydrogen-bond acceptors (Lipinski definition) is 3. The van der Waals surface area contributed by atoms with Gasteiger partial charge in [0.1, 0.15) is 0 Å². The number of hydrogen-bond donors (Lipinski definition) is 2. The monoisotopic (exact) mass is 392 g/mol. The Morgan fingerprint density at radius 2 is 1.57 bits per heavy atom. The number of amides is 2. The van der Waals surface area contributed by atoms with Crippen LogP contribution in [0.4, 0.5) is 11.4 Å². The van der Waals surface area contributed by atoms with E-state index in [2.05, 4.69) is 31.4 Å². The SMILES string of the molecule is CC(C)(C)c1ccc(C(=O)Nc2cccc(NC(=O)Cc3cccs3)c2)cc1. The van der Waals surface area contributed by atoms with E-state index in [-0.39, 0.29) is 17.2 Å². The van der Waals surface area contributed by atoms with Crippen LogP contribution >= 0.6 is 11.3 Å². The molecule has 1 heterocycles. The summed E-state index contributed by atoms with van der Waals surface area (Å²) in [5.74, 6) is -0.258. The molecule has 1 aromatic heterocycles. The third-order valence-corrected chi connectivity index (χ3v) is 5.21. The molecule has 0 atom stereocenters. The first-order valence-electron chi connectivity index (χ1n) is 9.15. The average molecular weight is 393 g/mol. The van der Waals surface area contributed by atoms with E-state index >= 15 is 0 Å². The molecular formula is C23H24N2O2S. The Labute approximate surface area is 169 Å². The van der Waals surface area contributed by atoms with Gasteiger partial charge in [-0.25, -0.2) is 0 Å². The third-order valence-electron chi connectivity index (χ3n) is 4.33. The van der Waals surface area contributed by atoms with Gasteiger partial charge in [-0.15, -0.1) is 11.3 Å². The van der Waals surface area contributed by atoms with Crippen molar-refractivity contribution in [1.29, 1.82) is 0 Å². The molecule has 0 aliphatic heterocycles. The Hall–Kier alpha value is -2.92. The second-order valence-corrected chi connectivity index (χ2v) is 8.70. The molecule has 0 saturated heterocycles. The van der Waals surface area contributed by atoms with E-state index in [1.807, 2.05) is 41.8 Å². The molecule has 5 heteroatoms. The van der Waals surface area contributed by atoms with Crippen molar-refractivity contribution >= 4 is 34.5 Å². The van der Waals surface area contributed by atoms with Gasteiger partial charge >= 0.3 is 0 Å². The summed E-state index contributed by atoms with van der Waals surface area (Å²) < 4.78 is 0. The van der Waals surface area contributed by atoms with Crippen molar-refractivity contribution in [2.45, 2.75) is 32.6 Å². The highest BCUT2D eigenvalue weighted by Gasteiger charge is 2.14. The normalized spacial score (nSPS) is 11.1. The summed E-state index contributed by atoms with van der Waals surface area (Å²) in [7, 11) is 0. The van der Waals surface area contributed by atoms with Crippen molar-refractivity contribution in [2.24, 2.45) is 0 Å². The zero-order chi connectivity index (χ0) is 20.1. The average Bonchev–Trinajstić information content (AvgIpc) is 3.14. The first-order valence-corrected chi connectivity index (χ1v) is 10.0. The van der Waals surface area contributed by atoms with Crippen molar-refractivity contribution in [3.63, 3.8) is 0 Å². The van der Waals surface area contributed by atoms with Gasteiger partial charge in [-0.1, -0.05) is 45.0 Å². The van der Waals surface area contributed by atoms with E-state index in [1.54, 1.807) is 35.6 Å². The van der Waals surface area contributed by atoms with Crippen LogP contribution in [0.1, 0.15) is 41.6 Å². The number of rotatable bonds is 5. The van der Waals surface area contributed by atoms with Crippen molar-refractivity contribution in [3.05, 3.63) is 82.0 Å².